The minimum atomic E-state index is 0.134. The average molecular weight is 485 g/mol. The average Bonchev–Trinajstić information content (AvgIpc) is 3.25. The van der Waals surface area contributed by atoms with Crippen LogP contribution in [-0.2, 0) is 9.59 Å². The molecule has 0 saturated heterocycles. The van der Waals surface area contributed by atoms with Gasteiger partial charge in [-0.3, -0.25) is 9.59 Å². The first kappa shape index (κ1) is 24.3. The van der Waals surface area contributed by atoms with Gasteiger partial charge in [-0.2, -0.15) is 0 Å². The fourth-order valence-corrected chi connectivity index (χ4v) is 5.45. The minimum absolute atomic E-state index is 0.134. The van der Waals surface area contributed by atoms with Crippen molar-refractivity contribution in [2.45, 2.75) is 70.6 Å². The van der Waals surface area contributed by atoms with Crippen molar-refractivity contribution < 1.29 is 9.59 Å². The molecule has 0 unspecified atom stereocenters. The molecule has 0 aliphatic heterocycles. The molecule has 5 rings (SSSR count). The molecule has 2 amide bonds. The maximum Gasteiger partial charge on any atom is 0.227 e. The van der Waals surface area contributed by atoms with Gasteiger partial charge in [0.05, 0.1) is 11.9 Å². The van der Waals surface area contributed by atoms with Crippen molar-refractivity contribution in [2.24, 2.45) is 11.8 Å². The summed E-state index contributed by atoms with van der Waals surface area (Å²) in [6.07, 6.45) is 14.1. The van der Waals surface area contributed by atoms with Crippen LogP contribution in [0.5, 0.6) is 0 Å². The first-order valence-electron chi connectivity index (χ1n) is 13.5. The Morgan fingerprint density at radius 3 is 1.58 bits per heavy atom. The highest BCUT2D eigenvalue weighted by Gasteiger charge is 2.21. The zero-order valence-electron chi connectivity index (χ0n) is 20.9. The fraction of sp³-hybridized carbons (Fsp3) is 0.433. The molecule has 6 heteroatoms. The Kier molecular flexibility index (Phi) is 7.79. The van der Waals surface area contributed by atoms with Crippen molar-refractivity contribution in [2.75, 3.05) is 10.6 Å². The highest BCUT2D eigenvalue weighted by Crippen LogP contribution is 2.28. The molecule has 0 atom stereocenters. The summed E-state index contributed by atoms with van der Waals surface area (Å²) in [5.41, 5.74) is 4.55. The van der Waals surface area contributed by atoms with Crippen LogP contribution in [0.15, 0.2) is 54.7 Å². The summed E-state index contributed by atoms with van der Waals surface area (Å²) in [6.45, 7) is 0. The first-order valence-corrected chi connectivity index (χ1v) is 13.5. The van der Waals surface area contributed by atoms with Crippen molar-refractivity contribution >= 4 is 23.2 Å². The number of imidazole rings is 1. The van der Waals surface area contributed by atoms with Crippen LogP contribution < -0.4 is 10.6 Å². The number of carbonyl (C=O) groups is 2. The first-order chi connectivity index (χ1) is 17.7. The maximum atomic E-state index is 12.6. The van der Waals surface area contributed by atoms with E-state index in [0.717, 1.165) is 85.4 Å². The molecule has 0 bridgehead atoms. The maximum absolute atomic E-state index is 12.6. The van der Waals surface area contributed by atoms with Crippen molar-refractivity contribution in [3.05, 3.63) is 54.7 Å². The van der Waals surface area contributed by atoms with Gasteiger partial charge in [0.25, 0.3) is 0 Å². The van der Waals surface area contributed by atoms with Crippen molar-refractivity contribution in [1.82, 2.24) is 9.97 Å². The van der Waals surface area contributed by atoms with E-state index in [0.29, 0.717) is 0 Å². The number of benzene rings is 2. The molecule has 6 nitrogen and oxygen atoms in total. The summed E-state index contributed by atoms with van der Waals surface area (Å²) in [6, 6.07) is 15.7. The van der Waals surface area contributed by atoms with E-state index < -0.39 is 0 Å². The molecule has 2 aliphatic rings. The van der Waals surface area contributed by atoms with E-state index in [9.17, 15) is 9.59 Å². The molecule has 3 N–H and O–H groups in total. The van der Waals surface area contributed by atoms with Crippen molar-refractivity contribution in [1.29, 1.82) is 0 Å². The normalized spacial score (nSPS) is 17.3. The Hall–Kier alpha value is -3.41. The summed E-state index contributed by atoms with van der Waals surface area (Å²) < 4.78 is 0. The van der Waals surface area contributed by atoms with E-state index in [1.165, 1.54) is 19.3 Å². The molecule has 3 aromatic rings. The Bertz CT molecular complexity index is 1150. The van der Waals surface area contributed by atoms with E-state index in [2.05, 4.69) is 20.6 Å². The van der Waals surface area contributed by atoms with Gasteiger partial charge in [-0.1, -0.05) is 57.1 Å². The van der Waals surface area contributed by atoms with Gasteiger partial charge in [0, 0.05) is 28.8 Å². The van der Waals surface area contributed by atoms with Crippen molar-refractivity contribution in [3.8, 4) is 22.6 Å². The lowest BCUT2D eigenvalue weighted by atomic mass is 9.88. The quantitative estimate of drug-likeness (QED) is 0.324. The van der Waals surface area contributed by atoms with Crippen LogP contribution in [0.1, 0.15) is 70.6 Å². The summed E-state index contributed by atoms with van der Waals surface area (Å²) >= 11 is 0. The van der Waals surface area contributed by atoms with Gasteiger partial charge >= 0.3 is 0 Å². The van der Waals surface area contributed by atoms with Gasteiger partial charge in [0.2, 0.25) is 11.8 Å². The predicted molar refractivity (Wildman–Crippen MR) is 144 cm³/mol. The second kappa shape index (κ2) is 11.5. The highest BCUT2D eigenvalue weighted by atomic mass is 16.2. The second-order valence-electron chi connectivity index (χ2n) is 10.3. The van der Waals surface area contributed by atoms with Crippen LogP contribution in [0.4, 0.5) is 11.4 Å². The lowest BCUT2D eigenvalue weighted by molar-refractivity contribution is -0.121. The van der Waals surface area contributed by atoms with E-state index in [1.54, 1.807) is 0 Å². The van der Waals surface area contributed by atoms with Crippen LogP contribution in [-0.4, -0.2) is 21.8 Å². The number of nitrogens with zero attached hydrogens (tertiary/aromatic N) is 1. The van der Waals surface area contributed by atoms with Crippen LogP contribution in [0.2, 0.25) is 0 Å². The molecule has 36 heavy (non-hydrogen) atoms. The third-order valence-electron chi connectivity index (χ3n) is 7.67. The number of carbonyl (C=O) groups excluding carboxylic acids is 2. The van der Waals surface area contributed by atoms with Gasteiger partial charge < -0.3 is 15.6 Å². The second-order valence-corrected chi connectivity index (χ2v) is 10.3. The molecule has 1 heterocycles. The Labute approximate surface area is 213 Å². The third kappa shape index (κ3) is 6.04. The molecule has 2 saturated carbocycles. The monoisotopic (exact) mass is 484 g/mol. The highest BCUT2D eigenvalue weighted by molar-refractivity contribution is 5.93. The predicted octanol–water partition coefficient (Wildman–Crippen LogP) is 7.17. The van der Waals surface area contributed by atoms with Gasteiger partial charge in [-0.25, -0.2) is 4.98 Å². The molecule has 2 aliphatic carbocycles. The molecule has 0 spiro atoms. The molecule has 0 radical (unpaired) electrons. The number of hydrogen-bond acceptors (Lipinski definition) is 3. The third-order valence-corrected chi connectivity index (χ3v) is 7.67. The number of amides is 2. The smallest absolute Gasteiger partial charge is 0.227 e. The van der Waals surface area contributed by atoms with E-state index in [4.69, 9.17) is 0 Å². The fourth-order valence-electron chi connectivity index (χ4n) is 5.45. The van der Waals surface area contributed by atoms with Crippen LogP contribution in [0.3, 0.4) is 0 Å². The number of anilines is 2. The molecular weight excluding hydrogens is 448 g/mol. The summed E-state index contributed by atoms with van der Waals surface area (Å²) in [4.78, 5) is 33.1. The topological polar surface area (TPSA) is 86.9 Å². The van der Waals surface area contributed by atoms with E-state index in [1.807, 2.05) is 54.7 Å². The number of nitrogens with one attached hydrogen (secondary N) is 3. The SMILES string of the molecule is O=C(Nc1ccc(-c2cnc(-c3ccc(NC(=O)C4CCCCC4)cc3)[nH]2)cc1)C1CCCCCC1. The van der Waals surface area contributed by atoms with Gasteiger partial charge in [-0.15, -0.1) is 0 Å². The summed E-state index contributed by atoms with van der Waals surface area (Å²) in [7, 11) is 0. The number of aromatic nitrogens is 2. The van der Waals surface area contributed by atoms with Crippen LogP contribution >= 0.6 is 0 Å². The molecule has 2 aromatic carbocycles. The lowest BCUT2D eigenvalue weighted by Crippen LogP contribution is -2.24. The molecule has 188 valence electrons. The largest absolute Gasteiger partial charge is 0.338 e. The lowest BCUT2D eigenvalue weighted by Gasteiger charge is -2.20. The number of hydrogen-bond donors (Lipinski definition) is 3. The standard InChI is InChI=1S/C30H36N4O2/c35-29(23-8-4-1-2-5-9-23)32-25-16-12-21(13-17-25)27-20-31-28(34-27)22-14-18-26(19-15-22)33-30(36)24-10-6-3-7-11-24/h12-20,23-24H,1-11H2,(H,31,34)(H,32,35)(H,33,36). The number of H-pyrrole nitrogens is 1. The molecule has 2 fully saturated rings. The zero-order chi connectivity index (χ0) is 24.7. The van der Waals surface area contributed by atoms with E-state index >= 15 is 0 Å². The van der Waals surface area contributed by atoms with Gasteiger partial charge in [-0.05, 0) is 67.6 Å². The van der Waals surface area contributed by atoms with Gasteiger partial charge in [0.1, 0.15) is 5.82 Å². The Morgan fingerprint density at radius 1 is 0.639 bits per heavy atom. The molecule has 1 aromatic heterocycles. The zero-order valence-corrected chi connectivity index (χ0v) is 20.9. The van der Waals surface area contributed by atoms with Gasteiger partial charge in [0.15, 0.2) is 0 Å². The molecular formula is C30H36N4O2. The number of rotatable bonds is 6. The number of aromatic amines is 1. The summed E-state index contributed by atoms with van der Waals surface area (Å²) in [5, 5.41) is 6.16. The van der Waals surface area contributed by atoms with Crippen LogP contribution in [0.25, 0.3) is 22.6 Å². The minimum Gasteiger partial charge on any atom is -0.338 e. The Balaban J connectivity index is 1.18. The van der Waals surface area contributed by atoms with Crippen molar-refractivity contribution in [3.63, 3.8) is 0 Å². The summed E-state index contributed by atoms with van der Waals surface area (Å²) in [5.74, 6) is 1.33. The van der Waals surface area contributed by atoms with Crippen LogP contribution in [0, 0.1) is 11.8 Å². The Morgan fingerprint density at radius 2 is 1.08 bits per heavy atom. The van der Waals surface area contributed by atoms with E-state index in [-0.39, 0.29) is 23.7 Å².